The molecule has 15 heavy (non-hydrogen) atoms. The standard InChI is InChI=1S/C13H18O2/c1-9(8-13(14)15)7-12-10(2)5-4-6-11(12)3/h4-6,9H,7-8H2,1-3H3,(H,14,15). The summed E-state index contributed by atoms with van der Waals surface area (Å²) in [5.41, 5.74) is 3.81. The molecular weight excluding hydrogens is 188 g/mol. The predicted octanol–water partition coefficient (Wildman–Crippen LogP) is 2.96. The average molecular weight is 206 g/mol. The molecule has 0 aliphatic heterocycles. The van der Waals surface area contributed by atoms with Crippen LogP contribution in [0.5, 0.6) is 0 Å². The van der Waals surface area contributed by atoms with Crippen molar-refractivity contribution < 1.29 is 9.90 Å². The Morgan fingerprint density at radius 3 is 2.33 bits per heavy atom. The molecule has 0 saturated heterocycles. The fourth-order valence-corrected chi connectivity index (χ4v) is 1.89. The van der Waals surface area contributed by atoms with Crippen LogP contribution in [0.4, 0.5) is 0 Å². The lowest BCUT2D eigenvalue weighted by atomic mass is 9.92. The molecule has 1 unspecified atom stereocenters. The minimum atomic E-state index is -0.714. The van der Waals surface area contributed by atoms with Gasteiger partial charge in [-0.15, -0.1) is 0 Å². The molecule has 0 saturated carbocycles. The molecule has 1 N–H and O–H groups in total. The second-order valence-electron chi connectivity index (χ2n) is 4.28. The summed E-state index contributed by atoms with van der Waals surface area (Å²) in [6.07, 6.45) is 1.10. The molecule has 2 nitrogen and oxygen atoms in total. The van der Waals surface area contributed by atoms with Gasteiger partial charge in [0.1, 0.15) is 0 Å². The van der Waals surface area contributed by atoms with Crippen molar-refractivity contribution in [3.05, 3.63) is 34.9 Å². The zero-order valence-corrected chi connectivity index (χ0v) is 9.58. The number of hydrogen-bond acceptors (Lipinski definition) is 1. The summed E-state index contributed by atoms with van der Waals surface area (Å²) in [4.78, 5) is 10.6. The zero-order chi connectivity index (χ0) is 11.4. The molecule has 0 bridgehead atoms. The topological polar surface area (TPSA) is 37.3 Å². The van der Waals surface area contributed by atoms with Gasteiger partial charge in [0.25, 0.3) is 0 Å². The Bertz CT molecular complexity index is 335. The molecular formula is C13H18O2. The van der Waals surface area contributed by atoms with Crippen molar-refractivity contribution in [2.75, 3.05) is 0 Å². The normalized spacial score (nSPS) is 12.5. The van der Waals surface area contributed by atoms with Crippen molar-refractivity contribution in [1.82, 2.24) is 0 Å². The maximum Gasteiger partial charge on any atom is 0.303 e. The van der Waals surface area contributed by atoms with Crippen molar-refractivity contribution in [3.63, 3.8) is 0 Å². The number of aryl methyl sites for hydroxylation is 2. The first-order chi connectivity index (χ1) is 7.00. The Kier molecular flexibility index (Phi) is 3.89. The molecule has 1 aromatic carbocycles. The average Bonchev–Trinajstić information content (AvgIpc) is 2.10. The number of aliphatic carboxylic acids is 1. The van der Waals surface area contributed by atoms with Crippen LogP contribution in [0, 0.1) is 19.8 Å². The fraction of sp³-hybridized carbons (Fsp3) is 0.462. The second-order valence-corrected chi connectivity index (χ2v) is 4.28. The lowest BCUT2D eigenvalue weighted by molar-refractivity contribution is -0.137. The minimum absolute atomic E-state index is 0.197. The molecule has 1 rings (SSSR count). The van der Waals surface area contributed by atoms with Crippen LogP contribution in [0.1, 0.15) is 30.0 Å². The van der Waals surface area contributed by atoms with Gasteiger partial charge in [0.2, 0.25) is 0 Å². The van der Waals surface area contributed by atoms with E-state index in [0.29, 0.717) is 0 Å². The van der Waals surface area contributed by atoms with Crippen LogP contribution >= 0.6 is 0 Å². The van der Waals surface area contributed by atoms with Crippen molar-refractivity contribution in [2.24, 2.45) is 5.92 Å². The fourth-order valence-electron chi connectivity index (χ4n) is 1.89. The first kappa shape index (κ1) is 11.8. The number of hydrogen-bond donors (Lipinski definition) is 1. The van der Waals surface area contributed by atoms with E-state index < -0.39 is 5.97 Å². The van der Waals surface area contributed by atoms with Crippen LogP contribution in [0.3, 0.4) is 0 Å². The smallest absolute Gasteiger partial charge is 0.303 e. The highest BCUT2D eigenvalue weighted by atomic mass is 16.4. The molecule has 1 atom stereocenters. The van der Waals surface area contributed by atoms with Gasteiger partial charge in [-0.25, -0.2) is 0 Å². The second kappa shape index (κ2) is 4.96. The zero-order valence-electron chi connectivity index (χ0n) is 9.58. The number of carboxylic acid groups (broad SMARTS) is 1. The summed E-state index contributed by atoms with van der Waals surface area (Å²) in [7, 11) is 0. The molecule has 0 radical (unpaired) electrons. The molecule has 0 heterocycles. The van der Waals surface area contributed by atoms with Gasteiger partial charge in [0.05, 0.1) is 0 Å². The Hall–Kier alpha value is -1.31. The predicted molar refractivity (Wildman–Crippen MR) is 61.0 cm³/mol. The Balaban J connectivity index is 2.76. The van der Waals surface area contributed by atoms with Crippen molar-refractivity contribution in [3.8, 4) is 0 Å². The Labute approximate surface area is 90.9 Å². The first-order valence-corrected chi connectivity index (χ1v) is 5.27. The van der Waals surface area contributed by atoms with Crippen LogP contribution in [-0.4, -0.2) is 11.1 Å². The molecule has 0 spiro atoms. The van der Waals surface area contributed by atoms with Gasteiger partial charge in [0.15, 0.2) is 0 Å². The summed E-state index contributed by atoms with van der Waals surface area (Å²) >= 11 is 0. The van der Waals surface area contributed by atoms with E-state index in [1.165, 1.54) is 16.7 Å². The van der Waals surface area contributed by atoms with Gasteiger partial charge < -0.3 is 5.11 Å². The van der Waals surface area contributed by atoms with Crippen molar-refractivity contribution in [1.29, 1.82) is 0 Å². The quantitative estimate of drug-likeness (QED) is 0.822. The SMILES string of the molecule is Cc1cccc(C)c1CC(C)CC(=O)O. The Morgan fingerprint density at radius 2 is 1.87 bits per heavy atom. The van der Waals surface area contributed by atoms with Crippen LogP contribution in [-0.2, 0) is 11.2 Å². The van der Waals surface area contributed by atoms with Gasteiger partial charge in [-0.2, -0.15) is 0 Å². The first-order valence-electron chi connectivity index (χ1n) is 5.27. The largest absolute Gasteiger partial charge is 0.481 e. The van der Waals surface area contributed by atoms with Crippen molar-refractivity contribution in [2.45, 2.75) is 33.6 Å². The molecule has 0 aromatic heterocycles. The molecule has 0 aliphatic carbocycles. The highest BCUT2D eigenvalue weighted by molar-refractivity contribution is 5.67. The number of rotatable bonds is 4. The maximum atomic E-state index is 10.6. The van der Waals surface area contributed by atoms with Gasteiger partial charge in [-0.05, 0) is 42.9 Å². The molecule has 82 valence electrons. The van der Waals surface area contributed by atoms with Gasteiger partial charge >= 0.3 is 5.97 Å². The summed E-state index contributed by atoms with van der Waals surface area (Å²) in [5.74, 6) is -0.518. The van der Waals surface area contributed by atoms with E-state index in [1.54, 1.807) is 0 Å². The van der Waals surface area contributed by atoms with Gasteiger partial charge in [-0.1, -0.05) is 25.1 Å². The molecule has 0 amide bonds. The third-order valence-corrected chi connectivity index (χ3v) is 2.72. The Morgan fingerprint density at radius 1 is 1.33 bits per heavy atom. The lowest BCUT2D eigenvalue weighted by Crippen LogP contribution is -2.08. The highest BCUT2D eigenvalue weighted by Crippen LogP contribution is 2.19. The number of carbonyl (C=O) groups is 1. The van der Waals surface area contributed by atoms with Crippen LogP contribution < -0.4 is 0 Å². The van der Waals surface area contributed by atoms with E-state index >= 15 is 0 Å². The maximum absolute atomic E-state index is 10.6. The minimum Gasteiger partial charge on any atom is -0.481 e. The molecule has 1 aromatic rings. The van der Waals surface area contributed by atoms with E-state index in [0.717, 1.165) is 6.42 Å². The number of carboxylic acids is 1. The summed E-state index contributed by atoms with van der Waals surface area (Å²) in [5, 5.41) is 8.70. The van der Waals surface area contributed by atoms with Gasteiger partial charge in [0, 0.05) is 6.42 Å². The van der Waals surface area contributed by atoms with E-state index in [-0.39, 0.29) is 12.3 Å². The summed E-state index contributed by atoms with van der Waals surface area (Å²) in [6, 6.07) is 6.20. The van der Waals surface area contributed by atoms with E-state index in [9.17, 15) is 4.79 Å². The number of benzene rings is 1. The lowest BCUT2D eigenvalue weighted by Gasteiger charge is -2.13. The summed E-state index contributed by atoms with van der Waals surface area (Å²) < 4.78 is 0. The molecule has 0 fully saturated rings. The monoisotopic (exact) mass is 206 g/mol. The van der Waals surface area contributed by atoms with Gasteiger partial charge in [-0.3, -0.25) is 4.79 Å². The van der Waals surface area contributed by atoms with Crippen LogP contribution in [0.15, 0.2) is 18.2 Å². The van der Waals surface area contributed by atoms with Crippen LogP contribution in [0.25, 0.3) is 0 Å². The highest BCUT2D eigenvalue weighted by Gasteiger charge is 2.11. The van der Waals surface area contributed by atoms with E-state index in [1.807, 2.05) is 13.0 Å². The third-order valence-electron chi connectivity index (χ3n) is 2.72. The van der Waals surface area contributed by atoms with E-state index in [2.05, 4.69) is 26.0 Å². The van der Waals surface area contributed by atoms with E-state index in [4.69, 9.17) is 5.11 Å². The third kappa shape index (κ3) is 3.39. The summed E-state index contributed by atoms with van der Waals surface area (Å²) in [6.45, 7) is 6.14. The molecule has 0 aliphatic rings. The molecule has 2 heteroatoms. The van der Waals surface area contributed by atoms with Crippen LogP contribution in [0.2, 0.25) is 0 Å². The van der Waals surface area contributed by atoms with Crippen molar-refractivity contribution >= 4 is 5.97 Å².